The molecule has 8 heteroatoms. The number of amides is 2. The molecule has 2 atom stereocenters. The number of oxime groups is 1. The predicted octanol–water partition coefficient (Wildman–Crippen LogP) is 3.29. The van der Waals surface area contributed by atoms with Crippen LogP contribution < -0.4 is 5.32 Å². The van der Waals surface area contributed by atoms with Crippen molar-refractivity contribution < 1.29 is 19.5 Å². The van der Waals surface area contributed by atoms with Crippen LogP contribution in [0.5, 0.6) is 0 Å². The van der Waals surface area contributed by atoms with E-state index in [0.29, 0.717) is 22.4 Å². The van der Waals surface area contributed by atoms with Gasteiger partial charge in [-0.1, -0.05) is 65.8 Å². The van der Waals surface area contributed by atoms with Gasteiger partial charge in [0.05, 0.1) is 30.0 Å². The molecule has 0 bridgehead atoms. The first kappa shape index (κ1) is 24.6. The van der Waals surface area contributed by atoms with Crippen molar-refractivity contribution in [2.45, 2.75) is 18.6 Å². The smallest absolute Gasteiger partial charge is 0.254 e. The van der Waals surface area contributed by atoms with E-state index in [-0.39, 0.29) is 31.3 Å². The minimum atomic E-state index is -0.864. The van der Waals surface area contributed by atoms with Crippen LogP contribution in [0.15, 0.2) is 84.0 Å². The Labute approximate surface area is 209 Å². The fourth-order valence-electron chi connectivity index (χ4n) is 4.25. The molecule has 4 rings (SSSR count). The van der Waals surface area contributed by atoms with Crippen LogP contribution >= 0.6 is 0 Å². The van der Waals surface area contributed by atoms with Gasteiger partial charge >= 0.3 is 0 Å². The molecule has 2 N–H and O–H groups in total. The number of aliphatic hydroxyl groups excluding tert-OH is 1. The highest BCUT2D eigenvalue weighted by Gasteiger charge is 2.38. The standard InChI is InChI=1S/C28H26N4O4/c1-36-31-23-15-25(27(34)30-17-26(33)20-7-3-2-4-8-20)32(18-23)28(35)21-13-11-19(12-14-21)24-10-6-5-9-22(24)16-29/h2-14,25-26,33H,15,17-18H2,1H3,(H,30,34)/t25-,26?/m0/s1. The van der Waals surface area contributed by atoms with Crippen LogP contribution in [0, 0.1) is 11.3 Å². The van der Waals surface area contributed by atoms with Crippen LogP contribution in [0.1, 0.15) is 34.0 Å². The van der Waals surface area contributed by atoms with Crippen LogP contribution in [0.2, 0.25) is 0 Å². The van der Waals surface area contributed by atoms with Gasteiger partial charge in [0.2, 0.25) is 5.91 Å². The van der Waals surface area contributed by atoms with E-state index in [4.69, 9.17) is 4.84 Å². The van der Waals surface area contributed by atoms with Gasteiger partial charge in [0.25, 0.3) is 5.91 Å². The van der Waals surface area contributed by atoms with Gasteiger partial charge in [-0.3, -0.25) is 9.59 Å². The number of hydrogen-bond donors (Lipinski definition) is 2. The van der Waals surface area contributed by atoms with Crippen molar-refractivity contribution in [3.63, 3.8) is 0 Å². The number of carbonyl (C=O) groups excluding carboxylic acids is 2. The minimum Gasteiger partial charge on any atom is -0.399 e. The third-order valence-corrected chi connectivity index (χ3v) is 6.09. The largest absolute Gasteiger partial charge is 0.399 e. The van der Waals surface area contributed by atoms with Crippen molar-refractivity contribution in [1.29, 1.82) is 5.26 Å². The Bertz CT molecular complexity index is 1300. The van der Waals surface area contributed by atoms with Gasteiger partial charge in [0.1, 0.15) is 13.2 Å². The lowest BCUT2D eigenvalue weighted by Crippen LogP contribution is -2.46. The number of likely N-dealkylation sites (tertiary alicyclic amines) is 1. The quantitative estimate of drug-likeness (QED) is 0.502. The molecule has 3 aromatic rings. The Kier molecular flexibility index (Phi) is 7.73. The maximum atomic E-state index is 13.4. The first-order chi connectivity index (χ1) is 17.5. The van der Waals surface area contributed by atoms with Crippen molar-refractivity contribution in [1.82, 2.24) is 10.2 Å². The number of rotatable bonds is 7. The summed E-state index contributed by atoms with van der Waals surface area (Å²) in [7, 11) is 1.42. The summed E-state index contributed by atoms with van der Waals surface area (Å²) < 4.78 is 0. The van der Waals surface area contributed by atoms with E-state index in [0.717, 1.165) is 11.1 Å². The Morgan fingerprint density at radius 3 is 2.50 bits per heavy atom. The molecule has 0 saturated carbocycles. The minimum absolute atomic E-state index is 0.0190. The lowest BCUT2D eigenvalue weighted by atomic mass is 9.99. The van der Waals surface area contributed by atoms with Crippen LogP contribution in [-0.2, 0) is 9.63 Å². The van der Waals surface area contributed by atoms with Gasteiger partial charge in [-0.2, -0.15) is 5.26 Å². The van der Waals surface area contributed by atoms with E-state index in [1.807, 2.05) is 30.3 Å². The molecular formula is C28H26N4O4. The number of carbonyl (C=O) groups is 2. The first-order valence-electron chi connectivity index (χ1n) is 11.5. The monoisotopic (exact) mass is 482 g/mol. The van der Waals surface area contributed by atoms with Gasteiger partial charge in [0, 0.05) is 18.5 Å². The molecule has 0 aliphatic carbocycles. The van der Waals surface area contributed by atoms with E-state index in [9.17, 15) is 20.0 Å². The third kappa shape index (κ3) is 5.43. The van der Waals surface area contributed by atoms with E-state index in [1.165, 1.54) is 12.0 Å². The zero-order valence-corrected chi connectivity index (χ0v) is 19.8. The second-order valence-corrected chi connectivity index (χ2v) is 8.40. The lowest BCUT2D eigenvalue weighted by Gasteiger charge is -2.24. The summed E-state index contributed by atoms with van der Waals surface area (Å²) in [6.45, 7) is 0.177. The van der Waals surface area contributed by atoms with Gasteiger partial charge in [-0.15, -0.1) is 0 Å². The molecule has 1 saturated heterocycles. The maximum absolute atomic E-state index is 13.4. The highest BCUT2D eigenvalue weighted by Crippen LogP contribution is 2.25. The van der Waals surface area contributed by atoms with E-state index < -0.39 is 12.1 Å². The average Bonchev–Trinajstić information content (AvgIpc) is 3.36. The summed E-state index contributed by atoms with van der Waals surface area (Å²) in [5.74, 6) is -0.695. The Morgan fingerprint density at radius 2 is 1.81 bits per heavy atom. The highest BCUT2D eigenvalue weighted by molar-refractivity contribution is 6.05. The number of nitrogens with one attached hydrogen (secondary N) is 1. The van der Waals surface area contributed by atoms with E-state index in [2.05, 4.69) is 16.5 Å². The van der Waals surface area contributed by atoms with Crippen LogP contribution in [0.4, 0.5) is 0 Å². The Balaban J connectivity index is 1.50. The molecule has 1 fully saturated rings. The van der Waals surface area contributed by atoms with Crippen molar-refractivity contribution in [2.75, 3.05) is 20.2 Å². The van der Waals surface area contributed by atoms with E-state index >= 15 is 0 Å². The molecule has 1 heterocycles. The van der Waals surface area contributed by atoms with Gasteiger partial charge in [-0.05, 0) is 34.9 Å². The number of aliphatic hydroxyl groups is 1. The topological polar surface area (TPSA) is 115 Å². The molecule has 0 spiro atoms. The SMILES string of the molecule is CON=C1C[C@@H](C(=O)NCC(O)c2ccccc2)N(C(=O)c2ccc(-c3ccccc3C#N)cc2)C1. The number of hydrogen-bond acceptors (Lipinski definition) is 6. The summed E-state index contributed by atoms with van der Waals surface area (Å²) in [5, 5.41) is 26.5. The number of nitrogens with zero attached hydrogens (tertiary/aromatic N) is 3. The predicted molar refractivity (Wildman–Crippen MR) is 135 cm³/mol. The molecule has 2 amide bonds. The van der Waals surface area contributed by atoms with Crippen LogP contribution in [0.25, 0.3) is 11.1 Å². The van der Waals surface area contributed by atoms with Gasteiger partial charge in [-0.25, -0.2) is 0 Å². The summed E-state index contributed by atoms with van der Waals surface area (Å²) in [5.41, 5.74) is 3.82. The summed E-state index contributed by atoms with van der Waals surface area (Å²) in [4.78, 5) is 32.8. The summed E-state index contributed by atoms with van der Waals surface area (Å²) in [6, 6.07) is 24.6. The second kappa shape index (κ2) is 11.3. The third-order valence-electron chi connectivity index (χ3n) is 6.09. The van der Waals surface area contributed by atoms with Crippen LogP contribution in [-0.4, -0.2) is 53.8 Å². The fraction of sp³-hybridized carbons (Fsp3) is 0.214. The molecule has 182 valence electrons. The molecule has 3 aromatic carbocycles. The average molecular weight is 483 g/mol. The van der Waals surface area contributed by atoms with Crippen LogP contribution in [0.3, 0.4) is 0 Å². The molecule has 1 unspecified atom stereocenters. The van der Waals surface area contributed by atoms with Gasteiger partial charge < -0.3 is 20.2 Å². The van der Waals surface area contributed by atoms with E-state index in [1.54, 1.807) is 48.5 Å². The highest BCUT2D eigenvalue weighted by atomic mass is 16.6. The van der Waals surface area contributed by atoms with Crippen molar-refractivity contribution in [3.05, 3.63) is 95.6 Å². The van der Waals surface area contributed by atoms with Crippen molar-refractivity contribution in [2.24, 2.45) is 5.16 Å². The second-order valence-electron chi connectivity index (χ2n) is 8.40. The normalized spacial score (nSPS) is 16.9. The molecule has 1 aliphatic rings. The summed E-state index contributed by atoms with van der Waals surface area (Å²) in [6.07, 6.45) is -0.628. The Morgan fingerprint density at radius 1 is 1.11 bits per heavy atom. The number of nitriles is 1. The van der Waals surface area contributed by atoms with Crippen molar-refractivity contribution >= 4 is 17.5 Å². The molecule has 1 aliphatic heterocycles. The molecule has 8 nitrogen and oxygen atoms in total. The first-order valence-corrected chi connectivity index (χ1v) is 11.5. The summed E-state index contributed by atoms with van der Waals surface area (Å²) >= 11 is 0. The number of benzene rings is 3. The fourth-order valence-corrected chi connectivity index (χ4v) is 4.25. The van der Waals surface area contributed by atoms with Gasteiger partial charge in [0.15, 0.2) is 0 Å². The molecule has 0 radical (unpaired) electrons. The Hall–Kier alpha value is -4.48. The molecular weight excluding hydrogens is 456 g/mol. The lowest BCUT2D eigenvalue weighted by molar-refractivity contribution is -0.125. The zero-order valence-electron chi connectivity index (χ0n) is 19.8. The maximum Gasteiger partial charge on any atom is 0.254 e. The van der Waals surface area contributed by atoms with Crippen molar-refractivity contribution in [3.8, 4) is 17.2 Å². The molecule has 36 heavy (non-hydrogen) atoms. The zero-order chi connectivity index (χ0) is 25.5. The molecule has 0 aromatic heterocycles.